The Kier molecular flexibility index (Phi) is 4.36. The Bertz CT molecular complexity index is 452. The quantitative estimate of drug-likeness (QED) is 0.446. The molecule has 4 N–H and O–H groups in total. The van der Waals surface area contributed by atoms with Crippen LogP contribution in [-0.4, -0.2) is 16.9 Å². The van der Waals surface area contributed by atoms with Crippen LogP contribution < -0.4 is 16.6 Å². The molecule has 1 amide bonds. The van der Waals surface area contributed by atoms with Gasteiger partial charge in [-0.3, -0.25) is 10.2 Å². The first-order valence-electron chi connectivity index (χ1n) is 4.75. The van der Waals surface area contributed by atoms with Gasteiger partial charge in [-0.2, -0.15) is 13.2 Å². The highest BCUT2D eigenvalue weighted by Crippen LogP contribution is 2.32. The number of pyridine rings is 1. The second-order valence-corrected chi connectivity index (χ2v) is 3.83. The zero-order chi connectivity index (χ0) is 13.9. The monoisotopic (exact) mass is 282 g/mol. The molecule has 18 heavy (non-hydrogen) atoms. The number of nitrogens with one attached hydrogen (secondary N) is 2. The Labute approximate surface area is 105 Å². The Morgan fingerprint density at radius 1 is 1.56 bits per heavy atom. The van der Waals surface area contributed by atoms with Crippen LogP contribution in [0.3, 0.4) is 0 Å². The van der Waals surface area contributed by atoms with Crippen LogP contribution in [0.15, 0.2) is 12.3 Å². The van der Waals surface area contributed by atoms with E-state index in [9.17, 15) is 18.0 Å². The molecule has 1 aromatic rings. The second kappa shape index (κ2) is 5.40. The standard InChI is InChI=1S/C9H10ClF3N4O/c1-4(8(18)17-14)16-7-6(10)2-5(3-15-7)9(11,12)13/h2-4H,14H2,1H3,(H,15,16)(H,17,18). The minimum atomic E-state index is -4.52. The third-order valence-corrected chi connectivity index (χ3v) is 2.35. The summed E-state index contributed by atoms with van der Waals surface area (Å²) in [6, 6.07) is -0.0546. The van der Waals surface area contributed by atoms with Crippen molar-refractivity contribution >= 4 is 23.3 Å². The van der Waals surface area contributed by atoms with Crippen molar-refractivity contribution in [2.45, 2.75) is 19.1 Å². The Morgan fingerprint density at radius 2 is 2.17 bits per heavy atom. The number of carbonyl (C=O) groups is 1. The van der Waals surface area contributed by atoms with Crippen LogP contribution in [0.2, 0.25) is 5.02 Å². The van der Waals surface area contributed by atoms with Crippen molar-refractivity contribution in [1.82, 2.24) is 10.4 Å². The van der Waals surface area contributed by atoms with Gasteiger partial charge in [0, 0.05) is 6.20 Å². The molecule has 1 atom stereocenters. The molecule has 9 heteroatoms. The third-order valence-electron chi connectivity index (χ3n) is 2.06. The topological polar surface area (TPSA) is 80.0 Å². The van der Waals surface area contributed by atoms with Gasteiger partial charge >= 0.3 is 6.18 Å². The molecule has 0 aliphatic heterocycles. The lowest BCUT2D eigenvalue weighted by Gasteiger charge is -2.14. The Balaban J connectivity index is 2.90. The maximum atomic E-state index is 12.3. The molecule has 0 bridgehead atoms. The van der Waals surface area contributed by atoms with Gasteiger partial charge in [0.2, 0.25) is 0 Å². The molecule has 0 radical (unpaired) electrons. The van der Waals surface area contributed by atoms with E-state index in [4.69, 9.17) is 17.4 Å². The van der Waals surface area contributed by atoms with Crippen LogP contribution in [0, 0.1) is 0 Å². The molecule has 1 heterocycles. The van der Waals surface area contributed by atoms with E-state index in [1.807, 2.05) is 5.43 Å². The fourth-order valence-corrected chi connectivity index (χ4v) is 1.32. The second-order valence-electron chi connectivity index (χ2n) is 3.43. The number of rotatable bonds is 3. The molecule has 0 saturated carbocycles. The maximum absolute atomic E-state index is 12.3. The Morgan fingerprint density at radius 3 is 2.61 bits per heavy atom. The van der Waals surface area contributed by atoms with Gasteiger partial charge in [0.15, 0.2) is 0 Å². The molecule has 0 spiro atoms. The number of alkyl halides is 3. The molecule has 5 nitrogen and oxygen atoms in total. The number of anilines is 1. The van der Waals surface area contributed by atoms with Crippen molar-refractivity contribution in [2.75, 3.05) is 5.32 Å². The number of nitrogens with two attached hydrogens (primary N) is 1. The molecule has 0 aliphatic carbocycles. The number of hydrogen-bond donors (Lipinski definition) is 3. The van der Waals surface area contributed by atoms with Crippen molar-refractivity contribution in [3.05, 3.63) is 22.8 Å². The van der Waals surface area contributed by atoms with Crippen LogP contribution in [-0.2, 0) is 11.0 Å². The van der Waals surface area contributed by atoms with Gasteiger partial charge in [-0.05, 0) is 13.0 Å². The smallest absolute Gasteiger partial charge is 0.357 e. The number of hydrazine groups is 1. The lowest BCUT2D eigenvalue weighted by atomic mass is 10.2. The lowest BCUT2D eigenvalue weighted by Crippen LogP contribution is -2.41. The van der Waals surface area contributed by atoms with Crippen LogP contribution in [0.4, 0.5) is 19.0 Å². The fraction of sp³-hybridized carbons (Fsp3) is 0.333. The summed E-state index contributed by atoms with van der Waals surface area (Å²) in [5.74, 6) is 4.33. The summed E-state index contributed by atoms with van der Waals surface area (Å²) >= 11 is 5.64. The first kappa shape index (κ1) is 14.5. The summed E-state index contributed by atoms with van der Waals surface area (Å²) in [7, 11) is 0. The average molecular weight is 283 g/mol. The zero-order valence-corrected chi connectivity index (χ0v) is 9.93. The van der Waals surface area contributed by atoms with Gasteiger partial charge in [0.1, 0.15) is 11.9 Å². The molecular weight excluding hydrogens is 273 g/mol. The van der Waals surface area contributed by atoms with Gasteiger partial charge in [0.25, 0.3) is 5.91 Å². The van der Waals surface area contributed by atoms with E-state index in [1.165, 1.54) is 6.92 Å². The number of halogens is 4. The molecular formula is C9H10ClF3N4O. The minimum absolute atomic E-state index is 0.0271. The lowest BCUT2D eigenvalue weighted by molar-refractivity contribution is -0.137. The summed E-state index contributed by atoms with van der Waals surface area (Å²) in [6.45, 7) is 1.46. The average Bonchev–Trinajstić information content (AvgIpc) is 2.29. The van der Waals surface area contributed by atoms with Gasteiger partial charge in [-0.15, -0.1) is 0 Å². The highest BCUT2D eigenvalue weighted by Gasteiger charge is 2.31. The van der Waals surface area contributed by atoms with Gasteiger partial charge in [-0.1, -0.05) is 11.6 Å². The van der Waals surface area contributed by atoms with Crippen molar-refractivity contribution < 1.29 is 18.0 Å². The number of aromatic nitrogens is 1. The zero-order valence-electron chi connectivity index (χ0n) is 9.18. The van der Waals surface area contributed by atoms with E-state index in [2.05, 4.69) is 10.3 Å². The van der Waals surface area contributed by atoms with Gasteiger partial charge in [-0.25, -0.2) is 10.8 Å². The molecule has 1 aromatic heterocycles. The summed E-state index contributed by atoms with van der Waals surface area (Å²) in [5.41, 5.74) is 0.924. The van der Waals surface area contributed by atoms with Crippen molar-refractivity contribution in [3.8, 4) is 0 Å². The van der Waals surface area contributed by atoms with Crippen LogP contribution in [0.1, 0.15) is 12.5 Å². The highest BCUT2D eigenvalue weighted by molar-refractivity contribution is 6.33. The third kappa shape index (κ3) is 3.47. The largest absolute Gasteiger partial charge is 0.417 e. The predicted molar refractivity (Wildman–Crippen MR) is 59.7 cm³/mol. The molecule has 1 rings (SSSR count). The summed E-state index contributed by atoms with van der Waals surface area (Å²) in [4.78, 5) is 14.6. The molecule has 0 aromatic carbocycles. The van der Waals surface area contributed by atoms with Crippen molar-refractivity contribution in [1.29, 1.82) is 0 Å². The summed E-state index contributed by atoms with van der Waals surface area (Å²) in [6.07, 6.45) is -3.89. The van der Waals surface area contributed by atoms with E-state index in [-0.39, 0.29) is 10.8 Å². The van der Waals surface area contributed by atoms with E-state index >= 15 is 0 Å². The normalized spacial score (nSPS) is 13.0. The van der Waals surface area contributed by atoms with E-state index in [1.54, 1.807) is 0 Å². The minimum Gasteiger partial charge on any atom is -0.357 e. The van der Waals surface area contributed by atoms with Crippen LogP contribution in [0.5, 0.6) is 0 Å². The number of carbonyl (C=O) groups excluding carboxylic acids is 1. The van der Waals surface area contributed by atoms with E-state index < -0.39 is 23.7 Å². The van der Waals surface area contributed by atoms with Crippen LogP contribution in [0.25, 0.3) is 0 Å². The van der Waals surface area contributed by atoms with Gasteiger partial charge in [0.05, 0.1) is 10.6 Å². The van der Waals surface area contributed by atoms with Crippen molar-refractivity contribution in [2.24, 2.45) is 5.84 Å². The number of nitrogens with zero attached hydrogens (tertiary/aromatic N) is 1. The number of hydrogen-bond acceptors (Lipinski definition) is 4. The molecule has 1 unspecified atom stereocenters. The van der Waals surface area contributed by atoms with E-state index in [0.717, 1.165) is 6.07 Å². The molecule has 0 aliphatic rings. The molecule has 0 saturated heterocycles. The maximum Gasteiger partial charge on any atom is 0.417 e. The Hall–Kier alpha value is -1.54. The van der Waals surface area contributed by atoms with Crippen molar-refractivity contribution in [3.63, 3.8) is 0 Å². The number of amides is 1. The molecule has 100 valence electrons. The van der Waals surface area contributed by atoms with Crippen LogP contribution >= 0.6 is 11.6 Å². The first-order valence-corrected chi connectivity index (χ1v) is 5.13. The van der Waals surface area contributed by atoms with Gasteiger partial charge < -0.3 is 5.32 Å². The SMILES string of the molecule is CC(Nc1ncc(C(F)(F)F)cc1Cl)C(=O)NN. The fourth-order valence-electron chi connectivity index (χ4n) is 1.09. The predicted octanol–water partition coefficient (Wildman–Crippen LogP) is 1.54. The van der Waals surface area contributed by atoms with E-state index in [0.29, 0.717) is 6.20 Å². The molecule has 0 fully saturated rings. The summed E-state index contributed by atoms with van der Waals surface area (Å²) < 4.78 is 37.0. The first-order chi connectivity index (χ1) is 8.25. The summed E-state index contributed by atoms with van der Waals surface area (Å²) in [5, 5.41) is 2.30. The highest BCUT2D eigenvalue weighted by atomic mass is 35.5.